The maximum atomic E-state index is 13.3. The smallest absolute Gasteiger partial charge is 0.418 e. The number of carbonyl (C=O) groups is 1. The number of hydrogen-bond acceptors (Lipinski definition) is 2. The second kappa shape index (κ2) is 8.06. The maximum Gasteiger partial charge on any atom is 0.418 e. The summed E-state index contributed by atoms with van der Waals surface area (Å²) in [5.41, 5.74) is -1.48. The summed E-state index contributed by atoms with van der Waals surface area (Å²) in [6, 6.07) is 7.86. The van der Waals surface area contributed by atoms with Crippen LogP contribution in [-0.2, 0) is 6.18 Å². The Bertz CT molecular complexity index is 753. The van der Waals surface area contributed by atoms with Crippen LogP contribution in [0.3, 0.4) is 0 Å². The molecule has 0 aliphatic carbocycles. The maximum absolute atomic E-state index is 13.3. The van der Waals surface area contributed by atoms with Gasteiger partial charge in [0.1, 0.15) is 6.61 Å². The zero-order valence-electron chi connectivity index (χ0n) is 12.7. The van der Waals surface area contributed by atoms with Crippen molar-refractivity contribution in [3.05, 3.63) is 58.9 Å². The molecule has 9 heteroatoms. The number of benzene rings is 2. The largest absolute Gasteiger partial charge is 0.489 e. The SMILES string of the molecule is O=C(NCCOc1ccccc1F)Nc1ccc(Cl)cc1C(F)(F)F. The average molecular weight is 377 g/mol. The van der Waals surface area contributed by atoms with Gasteiger partial charge in [0.15, 0.2) is 11.6 Å². The van der Waals surface area contributed by atoms with E-state index in [1.165, 1.54) is 24.3 Å². The van der Waals surface area contributed by atoms with Gasteiger partial charge in [-0.15, -0.1) is 0 Å². The van der Waals surface area contributed by atoms with Gasteiger partial charge in [-0.25, -0.2) is 9.18 Å². The Morgan fingerprint density at radius 2 is 1.88 bits per heavy atom. The fourth-order valence-corrected chi connectivity index (χ4v) is 2.09. The Kier molecular flexibility index (Phi) is 6.08. The lowest BCUT2D eigenvalue weighted by Crippen LogP contribution is -2.32. The summed E-state index contributed by atoms with van der Waals surface area (Å²) in [4.78, 5) is 11.7. The molecule has 0 radical (unpaired) electrons. The van der Waals surface area contributed by atoms with Crippen molar-refractivity contribution < 1.29 is 27.1 Å². The molecule has 2 aromatic carbocycles. The number of anilines is 1. The first-order chi connectivity index (χ1) is 11.8. The molecule has 2 amide bonds. The highest BCUT2D eigenvalue weighted by Gasteiger charge is 2.34. The lowest BCUT2D eigenvalue weighted by molar-refractivity contribution is -0.136. The topological polar surface area (TPSA) is 50.4 Å². The van der Waals surface area contributed by atoms with Gasteiger partial charge in [-0.05, 0) is 30.3 Å². The predicted octanol–water partition coefficient (Wildman–Crippen LogP) is 4.70. The van der Waals surface area contributed by atoms with Gasteiger partial charge >= 0.3 is 12.2 Å². The molecule has 0 saturated heterocycles. The fraction of sp³-hybridized carbons (Fsp3) is 0.188. The molecule has 2 rings (SSSR count). The van der Waals surface area contributed by atoms with E-state index >= 15 is 0 Å². The average Bonchev–Trinajstić information content (AvgIpc) is 2.54. The number of urea groups is 1. The van der Waals surface area contributed by atoms with Crippen molar-refractivity contribution in [3.8, 4) is 5.75 Å². The van der Waals surface area contributed by atoms with E-state index in [1.54, 1.807) is 6.07 Å². The van der Waals surface area contributed by atoms with Gasteiger partial charge in [0.2, 0.25) is 0 Å². The zero-order chi connectivity index (χ0) is 18.4. The standard InChI is InChI=1S/C16H13ClF4N2O2/c17-10-5-6-13(11(9-10)16(19,20)21)23-15(24)22-7-8-25-14-4-2-1-3-12(14)18/h1-6,9H,7-8H2,(H2,22,23,24). The van der Waals surface area contributed by atoms with E-state index in [4.69, 9.17) is 16.3 Å². The van der Waals surface area contributed by atoms with Gasteiger partial charge in [0.25, 0.3) is 0 Å². The molecule has 134 valence electrons. The van der Waals surface area contributed by atoms with Crippen LogP contribution in [0.5, 0.6) is 5.75 Å². The third kappa shape index (κ3) is 5.53. The number of amides is 2. The van der Waals surface area contributed by atoms with Crippen molar-refractivity contribution in [2.75, 3.05) is 18.5 Å². The molecule has 0 fully saturated rings. The Balaban J connectivity index is 1.88. The first-order valence-corrected chi connectivity index (χ1v) is 7.44. The van der Waals surface area contributed by atoms with Crippen LogP contribution >= 0.6 is 11.6 Å². The molecule has 0 unspecified atom stereocenters. The lowest BCUT2D eigenvalue weighted by Gasteiger charge is -2.14. The molecule has 0 heterocycles. The van der Waals surface area contributed by atoms with Crippen LogP contribution in [0.2, 0.25) is 5.02 Å². The van der Waals surface area contributed by atoms with Gasteiger partial charge in [0.05, 0.1) is 17.8 Å². The van der Waals surface area contributed by atoms with E-state index in [9.17, 15) is 22.4 Å². The van der Waals surface area contributed by atoms with Crippen LogP contribution in [0.25, 0.3) is 0 Å². The fourth-order valence-electron chi connectivity index (χ4n) is 1.91. The quantitative estimate of drug-likeness (QED) is 0.587. The van der Waals surface area contributed by atoms with Crippen LogP contribution in [-0.4, -0.2) is 19.2 Å². The third-order valence-corrected chi connectivity index (χ3v) is 3.25. The van der Waals surface area contributed by atoms with Crippen molar-refractivity contribution in [3.63, 3.8) is 0 Å². The Labute approximate surface area is 145 Å². The molecule has 2 aromatic rings. The molecule has 0 spiro atoms. The summed E-state index contributed by atoms with van der Waals surface area (Å²) in [6.45, 7) is -0.0871. The summed E-state index contributed by atoms with van der Waals surface area (Å²) in [7, 11) is 0. The van der Waals surface area contributed by atoms with Crippen LogP contribution in [0.15, 0.2) is 42.5 Å². The first kappa shape index (κ1) is 18.9. The van der Waals surface area contributed by atoms with Crippen molar-refractivity contribution in [2.24, 2.45) is 0 Å². The minimum Gasteiger partial charge on any atom is -0.489 e. The Morgan fingerprint density at radius 3 is 2.56 bits per heavy atom. The monoisotopic (exact) mass is 376 g/mol. The number of ether oxygens (including phenoxy) is 1. The van der Waals surface area contributed by atoms with E-state index < -0.39 is 29.3 Å². The van der Waals surface area contributed by atoms with Crippen molar-refractivity contribution in [2.45, 2.75) is 6.18 Å². The summed E-state index contributed by atoms with van der Waals surface area (Å²) < 4.78 is 57.2. The molecule has 0 aromatic heterocycles. The van der Waals surface area contributed by atoms with Crippen molar-refractivity contribution in [1.29, 1.82) is 0 Å². The number of alkyl halides is 3. The highest BCUT2D eigenvalue weighted by molar-refractivity contribution is 6.30. The third-order valence-electron chi connectivity index (χ3n) is 3.02. The van der Waals surface area contributed by atoms with Crippen molar-refractivity contribution in [1.82, 2.24) is 5.32 Å². The normalized spacial score (nSPS) is 11.1. The predicted molar refractivity (Wildman–Crippen MR) is 85.4 cm³/mol. The molecule has 0 bridgehead atoms. The minimum absolute atomic E-state index is 0.0155. The number of rotatable bonds is 5. The van der Waals surface area contributed by atoms with E-state index in [2.05, 4.69) is 10.6 Å². The van der Waals surface area contributed by atoms with Crippen LogP contribution in [0, 0.1) is 5.82 Å². The van der Waals surface area contributed by atoms with Gasteiger partial charge in [0, 0.05) is 5.02 Å². The molecule has 4 nitrogen and oxygen atoms in total. The summed E-state index contributed by atoms with van der Waals surface area (Å²) in [6.07, 6.45) is -4.67. The highest BCUT2D eigenvalue weighted by atomic mass is 35.5. The van der Waals surface area contributed by atoms with Gasteiger partial charge in [-0.2, -0.15) is 13.2 Å². The molecule has 25 heavy (non-hydrogen) atoms. The number of para-hydroxylation sites is 1. The second-order valence-electron chi connectivity index (χ2n) is 4.85. The Hall–Kier alpha value is -2.48. The Morgan fingerprint density at radius 1 is 1.16 bits per heavy atom. The number of nitrogens with one attached hydrogen (secondary N) is 2. The highest BCUT2D eigenvalue weighted by Crippen LogP contribution is 2.36. The summed E-state index contributed by atoms with van der Waals surface area (Å²) >= 11 is 5.56. The van der Waals surface area contributed by atoms with Crippen LogP contribution in [0.1, 0.15) is 5.56 Å². The molecular formula is C16H13ClF4N2O2. The van der Waals surface area contributed by atoms with E-state index in [1.807, 2.05) is 0 Å². The van der Waals surface area contributed by atoms with E-state index in [-0.39, 0.29) is 23.9 Å². The van der Waals surface area contributed by atoms with Crippen LogP contribution < -0.4 is 15.4 Å². The summed E-state index contributed by atoms with van der Waals surface area (Å²) in [5.74, 6) is -0.537. The van der Waals surface area contributed by atoms with Crippen LogP contribution in [0.4, 0.5) is 28.0 Å². The molecule has 0 saturated carbocycles. The first-order valence-electron chi connectivity index (χ1n) is 7.06. The second-order valence-corrected chi connectivity index (χ2v) is 5.28. The number of halogens is 5. The van der Waals surface area contributed by atoms with Gasteiger partial charge < -0.3 is 15.4 Å². The molecule has 0 atom stereocenters. The van der Waals surface area contributed by atoms with E-state index in [0.717, 1.165) is 12.1 Å². The number of carbonyl (C=O) groups excluding carboxylic acids is 1. The minimum atomic E-state index is -4.67. The molecule has 2 N–H and O–H groups in total. The number of hydrogen-bond donors (Lipinski definition) is 2. The van der Waals surface area contributed by atoms with E-state index in [0.29, 0.717) is 0 Å². The van der Waals surface area contributed by atoms with Gasteiger partial charge in [-0.1, -0.05) is 23.7 Å². The molecule has 0 aliphatic rings. The molecule has 0 aliphatic heterocycles. The lowest BCUT2D eigenvalue weighted by atomic mass is 10.1. The zero-order valence-corrected chi connectivity index (χ0v) is 13.4. The van der Waals surface area contributed by atoms with Gasteiger partial charge in [-0.3, -0.25) is 0 Å². The van der Waals surface area contributed by atoms with Crippen molar-refractivity contribution >= 4 is 23.3 Å². The summed E-state index contributed by atoms with van der Waals surface area (Å²) in [5, 5.41) is 4.31. The molecular weight excluding hydrogens is 364 g/mol.